The van der Waals surface area contributed by atoms with Crippen LogP contribution in [0.5, 0.6) is 11.5 Å². The summed E-state index contributed by atoms with van der Waals surface area (Å²) in [6.45, 7) is 14.2. The van der Waals surface area contributed by atoms with E-state index >= 15 is 0 Å². The summed E-state index contributed by atoms with van der Waals surface area (Å²) in [5.74, 6) is 2.67. The number of nitrogens with zero attached hydrogens (tertiary/aromatic N) is 4. The fraction of sp³-hybridized carbons (Fsp3) is 0.176. The number of benzene rings is 6. The van der Waals surface area contributed by atoms with Crippen molar-refractivity contribution in [3.05, 3.63) is 181 Å². The molecular weight excluding hydrogens is 880 g/mol. The minimum atomic E-state index is -0.0107. The number of anilines is 3. The first-order chi connectivity index (χ1) is 27.2. The van der Waals surface area contributed by atoms with Gasteiger partial charge in [-0.2, -0.15) is 18.8 Å². The van der Waals surface area contributed by atoms with Crippen molar-refractivity contribution in [1.82, 2.24) is 9.55 Å². The largest absolute Gasteiger partial charge is 0.509 e. The molecule has 0 saturated carbocycles. The molecule has 57 heavy (non-hydrogen) atoms. The minimum absolute atomic E-state index is 0. The van der Waals surface area contributed by atoms with Crippen LogP contribution < -0.4 is 14.5 Å². The quantitative estimate of drug-likeness (QED) is 0.135. The fourth-order valence-electron chi connectivity index (χ4n) is 7.89. The van der Waals surface area contributed by atoms with Crippen molar-refractivity contribution in [1.29, 1.82) is 0 Å². The van der Waals surface area contributed by atoms with Crippen molar-refractivity contribution in [3.8, 4) is 28.4 Å². The van der Waals surface area contributed by atoms with Gasteiger partial charge in [-0.3, -0.25) is 0 Å². The van der Waals surface area contributed by atoms with Crippen molar-refractivity contribution < 1.29 is 25.8 Å². The first-order valence-corrected chi connectivity index (χ1v) is 19.5. The predicted octanol–water partition coefficient (Wildman–Crippen LogP) is 13.0. The molecule has 1 aliphatic rings. The van der Waals surface area contributed by atoms with E-state index in [1.54, 1.807) is 0 Å². The van der Waals surface area contributed by atoms with Crippen LogP contribution in [0.4, 0.5) is 17.1 Å². The molecule has 6 aromatic carbocycles. The minimum Gasteiger partial charge on any atom is -0.509 e. The maximum absolute atomic E-state index is 6.57. The summed E-state index contributed by atoms with van der Waals surface area (Å²) in [7, 11) is 0. The Kier molecular flexibility index (Phi) is 10.5. The maximum atomic E-state index is 6.57. The van der Waals surface area contributed by atoms with E-state index in [9.17, 15) is 0 Å². The molecule has 2 aromatic heterocycles. The number of para-hydroxylation sites is 3. The first kappa shape index (κ1) is 38.2. The number of ether oxygens (including phenoxy) is 1. The van der Waals surface area contributed by atoms with Gasteiger partial charge in [0.05, 0.1) is 0 Å². The Balaban J connectivity index is 0.00000455. The average Bonchev–Trinajstić information content (AvgIpc) is 3.73. The molecule has 8 aromatic rings. The summed E-state index contributed by atoms with van der Waals surface area (Å²) in [5, 5.41) is 2.25. The van der Waals surface area contributed by atoms with E-state index in [0.29, 0.717) is 17.4 Å². The Labute approximate surface area is 350 Å². The Bertz CT molecular complexity index is 2690. The molecule has 0 N–H and O–H groups in total. The van der Waals surface area contributed by atoms with E-state index in [1.807, 2.05) is 24.4 Å². The van der Waals surface area contributed by atoms with Gasteiger partial charge in [0.2, 0.25) is 0 Å². The molecule has 1 aliphatic heterocycles. The number of hydrogen-bond acceptors (Lipinski definition) is 4. The van der Waals surface area contributed by atoms with Gasteiger partial charge in [-0.25, -0.2) is 4.98 Å². The van der Waals surface area contributed by atoms with Crippen LogP contribution in [-0.4, -0.2) is 9.55 Å². The van der Waals surface area contributed by atoms with Crippen LogP contribution in [-0.2, 0) is 39.4 Å². The van der Waals surface area contributed by atoms with E-state index in [2.05, 4.69) is 189 Å². The van der Waals surface area contributed by atoms with Gasteiger partial charge in [0, 0.05) is 62.2 Å². The second-order valence-electron chi connectivity index (χ2n) is 16.2. The number of aromatic nitrogens is 2. The maximum Gasteiger partial charge on any atom is 0.135 e. The van der Waals surface area contributed by atoms with Crippen molar-refractivity contribution in [2.24, 2.45) is 5.92 Å². The van der Waals surface area contributed by atoms with Crippen LogP contribution in [0.25, 0.3) is 38.8 Å². The summed E-state index contributed by atoms with van der Waals surface area (Å²) >= 11 is 0. The van der Waals surface area contributed by atoms with Crippen molar-refractivity contribution in [2.75, 3.05) is 9.80 Å². The predicted molar refractivity (Wildman–Crippen MR) is 231 cm³/mol. The normalized spacial score (nSPS) is 12.7. The van der Waals surface area contributed by atoms with Crippen LogP contribution in [0.2, 0.25) is 0 Å². The van der Waals surface area contributed by atoms with Crippen molar-refractivity contribution >= 4 is 38.9 Å². The van der Waals surface area contributed by atoms with Crippen LogP contribution in [0.15, 0.2) is 146 Å². The zero-order chi connectivity index (χ0) is 38.4. The van der Waals surface area contributed by atoms with Gasteiger partial charge in [-0.1, -0.05) is 119 Å². The first-order valence-electron chi connectivity index (χ1n) is 19.5. The van der Waals surface area contributed by atoms with Crippen LogP contribution in [0.3, 0.4) is 0 Å². The topological polar surface area (TPSA) is 33.5 Å². The summed E-state index contributed by atoms with van der Waals surface area (Å²) < 4.78 is 8.77. The summed E-state index contributed by atoms with van der Waals surface area (Å²) in [6, 6.07) is 56.4. The van der Waals surface area contributed by atoms with Gasteiger partial charge >= 0.3 is 0 Å². The number of pyridine rings is 1. The second-order valence-corrected chi connectivity index (χ2v) is 16.2. The molecular formula is C51H45N4OPt-3. The van der Waals surface area contributed by atoms with Gasteiger partial charge in [-0.15, -0.1) is 41.4 Å². The van der Waals surface area contributed by atoms with E-state index in [0.717, 1.165) is 57.7 Å². The molecule has 0 amide bonds. The molecule has 9 rings (SSSR count). The van der Waals surface area contributed by atoms with Gasteiger partial charge in [0.25, 0.3) is 0 Å². The monoisotopic (exact) mass is 924 g/mol. The molecule has 0 spiro atoms. The van der Waals surface area contributed by atoms with Crippen molar-refractivity contribution in [2.45, 2.75) is 53.0 Å². The summed E-state index contributed by atoms with van der Waals surface area (Å²) in [6.07, 6.45) is 2.95. The van der Waals surface area contributed by atoms with Gasteiger partial charge in [0.15, 0.2) is 0 Å². The number of fused-ring (bicyclic) bond motifs is 4. The Morgan fingerprint density at radius 2 is 1.47 bits per heavy atom. The molecule has 6 heteroatoms. The third kappa shape index (κ3) is 7.61. The van der Waals surface area contributed by atoms with E-state index in [4.69, 9.17) is 9.72 Å². The molecule has 0 bridgehead atoms. The average molecular weight is 925 g/mol. The second kappa shape index (κ2) is 15.7. The SMILES string of the molecule is CC(C)Cc1ccc(-c2ccccc2)c(CN2[CH-]N(c3[c-]c(Oc4[c-]c5c(cc4)c4ccccc4n5-c4cc(C(C)(C)C)ccn4)ccc3)c3ccccc32)c1.[Pt]. The number of hydrogen-bond donors (Lipinski definition) is 0. The van der Waals surface area contributed by atoms with Gasteiger partial charge in [0.1, 0.15) is 5.82 Å². The van der Waals surface area contributed by atoms with E-state index < -0.39 is 0 Å². The van der Waals surface area contributed by atoms with Crippen LogP contribution in [0.1, 0.15) is 51.3 Å². The molecule has 5 nitrogen and oxygen atoms in total. The molecule has 0 fully saturated rings. The smallest absolute Gasteiger partial charge is 0.135 e. The van der Waals surface area contributed by atoms with Crippen LogP contribution in [0, 0.1) is 24.7 Å². The van der Waals surface area contributed by atoms with Crippen molar-refractivity contribution in [3.63, 3.8) is 0 Å². The van der Waals surface area contributed by atoms with Gasteiger partial charge < -0.3 is 19.1 Å². The third-order valence-electron chi connectivity index (χ3n) is 10.6. The molecule has 0 radical (unpaired) electrons. The molecule has 0 aliphatic carbocycles. The Morgan fingerprint density at radius 3 is 2.28 bits per heavy atom. The zero-order valence-electron chi connectivity index (χ0n) is 32.9. The fourth-order valence-corrected chi connectivity index (χ4v) is 7.89. The third-order valence-corrected chi connectivity index (χ3v) is 10.6. The standard InChI is InChI=1S/C51H45N4O.Pt/c1-35(2)28-36-22-24-43(37-14-7-6-8-15-37)38(29-36)33-53-34-54(48-21-12-11-20-47(48)53)40-16-13-17-41(31-40)56-42-23-25-45-44-18-9-10-19-46(44)55(49(45)32-42)50-30-39(26-27-52-50)51(3,4)5;/h6-27,29-30,34-35H,28,33H2,1-5H3;/q-3;. The Hall–Kier alpha value is -5.64. The Morgan fingerprint density at radius 1 is 0.719 bits per heavy atom. The number of rotatable bonds is 9. The zero-order valence-corrected chi connectivity index (χ0v) is 35.2. The molecule has 3 heterocycles. The van der Waals surface area contributed by atoms with E-state index in [-0.39, 0.29) is 26.5 Å². The van der Waals surface area contributed by atoms with E-state index in [1.165, 1.54) is 27.8 Å². The van der Waals surface area contributed by atoms with Gasteiger partial charge in [-0.05, 0) is 81.3 Å². The van der Waals surface area contributed by atoms with Crippen LogP contribution >= 0.6 is 0 Å². The molecule has 288 valence electrons. The molecule has 0 saturated heterocycles. The summed E-state index contributed by atoms with van der Waals surface area (Å²) in [5.41, 5.74) is 11.5. The molecule has 0 unspecified atom stereocenters. The summed E-state index contributed by atoms with van der Waals surface area (Å²) in [4.78, 5) is 9.39. The molecule has 0 atom stereocenters.